The van der Waals surface area contributed by atoms with Crippen LogP contribution in [-0.2, 0) is 0 Å². The molecule has 0 atom stereocenters. The summed E-state index contributed by atoms with van der Waals surface area (Å²) >= 11 is 1.66. The molecular formula is C15H13N3OS. The molecule has 4 nitrogen and oxygen atoms in total. The molecule has 0 bridgehead atoms. The van der Waals surface area contributed by atoms with E-state index < -0.39 is 0 Å². The quantitative estimate of drug-likeness (QED) is 0.753. The summed E-state index contributed by atoms with van der Waals surface area (Å²) in [6.45, 7) is 0. The van der Waals surface area contributed by atoms with E-state index in [2.05, 4.69) is 21.7 Å². The summed E-state index contributed by atoms with van der Waals surface area (Å²) in [5, 5.41) is 6.23. The summed E-state index contributed by atoms with van der Waals surface area (Å²) in [6, 6.07) is 15.5. The number of urea groups is 1. The fourth-order valence-electron chi connectivity index (χ4n) is 1.89. The Morgan fingerprint density at radius 3 is 2.55 bits per heavy atom. The summed E-state index contributed by atoms with van der Waals surface area (Å²) in [5.41, 5.74) is 2.82. The van der Waals surface area contributed by atoms with Crippen LogP contribution in [0.1, 0.15) is 0 Å². The topological polar surface area (TPSA) is 54.0 Å². The maximum Gasteiger partial charge on any atom is 0.318 e. The summed E-state index contributed by atoms with van der Waals surface area (Å²) in [4.78, 5) is 15.8. The van der Waals surface area contributed by atoms with E-state index in [1.165, 1.54) is 4.70 Å². The van der Waals surface area contributed by atoms with Gasteiger partial charge in [-0.25, -0.2) is 9.78 Å². The number of para-hydroxylation sites is 1. The number of hydrogen-bond acceptors (Lipinski definition) is 3. The molecule has 0 aliphatic heterocycles. The molecule has 0 radical (unpaired) electrons. The van der Waals surface area contributed by atoms with Crippen LogP contribution in [0.3, 0.4) is 0 Å². The molecule has 2 amide bonds. The average Bonchev–Trinajstić information content (AvgIpc) is 2.91. The number of amides is 2. The van der Waals surface area contributed by atoms with Crippen LogP contribution in [0.5, 0.6) is 0 Å². The molecule has 2 aromatic carbocycles. The molecule has 5 heteroatoms. The van der Waals surface area contributed by atoms with E-state index >= 15 is 0 Å². The first-order chi connectivity index (χ1) is 9.76. The second-order valence-corrected chi connectivity index (χ2v) is 5.30. The molecule has 20 heavy (non-hydrogen) atoms. The van der Waals surface area contributed by atoms with E-state index in [4.69, 9.17) is 0 Å². The molecule has 3 aromatic rings. The van der Waals surface area contributed by atoms with Crippen LogP contribution in [0.25, 0.3) is 20.8 Å². The number of nitrogens with zero attached hydrogens (tertiary/aromatic N) is 1. The van der Waals surface area contributed by atoms with Gasteiger partial charge < -0.3 is 10.6 Å². The highest BCUT2D eigenvalue weighted by atomic mass is 32.1. The third-order valence-corrected chi connectivity index (χ3v) is 4.00. The number of anilines is 1. The third-order valence-electron chi connectivity index (χ3n) is 2.91. The molecule has 100 valence electrons. The maximum absolute atomic E-state index is 11.2. The highest BCUT2D eigenvalue weighted by Gasteiger charge is 2.06. The van der Waals surface area contributed by atoms with Gasteiger partial charge >= 0.3 is 6.03 Å². The van der Waals surface area contributed by atoms with Crippen molar-refractivity contribution in [3.63, 3.8) is 0 Å². The first-order valence-corrected chi connectivity index (χ1v) is 7.02. The van der Waals surface area contributed by atoms with E-state index in [-0.39, 0.29) is 6.03 Å². The number of carbonyl (C=O) groups is 1. The normalized spacial score (nSPS) is 10.4. The predicted molar refractivity (Wildman–Crippen MR) is 83.1 cm³/mol. The number of hydrogen-bond donors (Lipinski definition) is 2. The minimum Gasteiger partial charge on any atom is -0.341 e. The van der Waals surface area contributed by atoms with E-state index in [0.29, 0.717) is 0 Å². The van der Waals surface area contributed by atoms with E-state index in [0.717, 1.165) is 21.8 Å². The van der Waals surface area contributed by atoms with Crippen molar-refractivity contribution in [3.8, 4) is 10.6 Å². The molecule has 0 spiro atoms. The zero-order valence-electron chi connectivity index (χ0n) is 10.9. The SMILES string of the molecule is CNC(=O)Nc1ccc(-c2nc3ccccc3s2)cc1. The Morgan fingerprint density at radius 1 is 1.10 bits per heavy atom. The van der Waals surface area contributed by atoms with Crippen molar-refractivity contribution in [2.45, 2.75) is 0 Å². The van der Waals surface area contributed by atoms with Crippen molar-refractivity contribution in [2.24, 2.45) is 0 Å². The predicted octanol–water partition coefficient (Wildman–Crippen LogP) is 3.71. The van der Waals surface area contributed by atoms with Crippen molar-refractivity contribution < 1.29 is 4.79 Å². The van der Waals surface area contributed by atoms with Crippen molar-refractivity contribution in [1.29, 1.82) is 0 Å². The Labute approximate surface area is 120 Å². The third kappa shape index (κ3) is 2.48. The van der Waals surface area contributed by atoms with Crippen LogP contribution in [0, 0.1) is 0 Å². The summed E-state index contributed by atoms with van der Waals surface area (Å²) in [5.74, 6) is 0. The van der Waals surface area contributed by atoms with Gasteiger partial charge in [-0.1, -0.05) is 12.1 Å². The lowest BCUT2D eigenvalue weighted by atomic mass is 10.2. The molecular weight excluding hydrogens is 270 g/mol. The summed E-state index contributed by atoms with van der Waals surface area (Å²) in [7, 11) is 1.59. The highest BCUT2D eigenvalue weighted by Crippen LogP contribution is 2.30. The molecule has 1 heterocycles. The van der Waals surface area contributed by atoms with E-state index in [1.807, 2.05) is 42.5 Å². The minimum atomic E-state index is -0.224. The number of aromatic nitrogens is 1. The van der Waals surface area contributed by atoms with Crippen molar-refractivity contribution in [3.05, 3.63) is 48.5 Å². The zero-order valence-corrected chi connectivity index (χ0v) is 11.7. The molecule has 0 aliphatic carbocycles. The van der Waals surface area contributed by atoms with Gasteiger partial charge in [0.25, 0.3) is 0 Å². The molecule has 0 saturated heterocycles. The molecule has 0 fully saturated rings. The monoisotopic (exact) mass is 283 g/mol. The lowest BCUT2D eigenvalue weighted by Gasteiger charge is -2.04. The van der Waals surface area contributed by atoms with Crippen LogP contribution < -0.4 is 10.6 Å². The molecule has 0 unspecified atom stereocenters. The number of benzene rings is 2. The van der Waals surface area contributed by atoms with Gasteiger partial charge in [-0.05, 0) is 36.4 Å². The second-order valence-electron chi connectivity index (χ2n) is 4.27. The fraction of sp³-hybridized carbons (Fsp3) is 0.0667. The first kappa shape index (κ1) is 12.6. The van der Waals surface area contributed by atoms with Gasteiger partial charge in [0.1, 0.15) is 5.01 Å². The number of carbonyl (C=O) groups excluding carboxylic acids is 1. The van der Waals surface area contributed by atoms with E-state index in [1.54, 1.807) is 18.4 Å². The Kier molecular flexibility index (Phi) is 3.35. The number of fused-ring (bicyclic) bond motifs is 1. The number of nitrogens with one attached hydrogen (secondary N) is 2. The van der Waals surface area contributed by atoms with Crippen molar-refractivity contribution >= 4 is 33.3 Å². The lowest BCUT2D eigenvalue weighted by Crippen LogP contribution is -2.24. The average molecular weight is 283 g/mol. The standard InChI is InChI=1S/C15H13N3OS/c1-16-15(19)17-11-8-6-10(7-9-11)14-18-12-4-2-3-5-13(12)20-14/h2-9H,1H3,(H2,16,17,19). The Hall–Kier alpha value is -2.40. The van der Waals surface area contributed by atoms with Crippen molar-refractivity contribution in [2.75, 3.05) is 12.4 Å². The van der Waals surface area contributed by atoms with Gasteiger partial charge in [0.15, 0.2) is 0 Å². The van der Waals surface area contributed by atoms with Crippen LogP contribution >= 0.6 is 11.3 Å². The molecule has 1 aromatic heterocycles. The van der Waals surface area contributed by atoms with Gasteiger partial charge in [-0.2, -0.15) is 0 Å². The first-order valence-electron chi connectivity index (χ1n) is 6.21. The minimum absolute atomic E-state index is 0.224. The highest BCUT2D eigenvalue weighted by molar-refractivity contribution is 7.21. The molecule has 0 saturated carbocycles. The second kappa shape index (κ2) is 5.30. The number of thiazole rings is 1. The van der Waals surface area contributed by atoms with Gasteiger partial charge in [-0.3, -0.25) is 0 Å². The lowest BCUT2D eigenvalue weighted by molar-refractivity contribution is 0.254. The summed E-state index contributed by atoms with van der Waals surface area (Å²) in [6.07, 6.45) is 0. The smallest absolute Gasteiger partial charge is 0.318 e. The van der Waals surface area contributed by atoms with Crippen LogP contribution in [-0.4, -0.2) is 18.1 Å². The molecule has 0 aliphatic rings. The Bertz CT molecular complexity index is 716. The maximum atomic E-state index is 11.2. The van der Waals surface area contributed by atoms with E-state index in [9.17, 15) is 4.79 Å². The fourth-order valence-corrected chi connectivity index (χ4v) is 2.86. The zero-order chi connectivity index (χ0) is 13.9. The number of rotatable bonds is 2. The van der Waals surface area contributed by atoms with Gasteiger partial charge in [-0.15, -0.1) is 11.3 Å². The van der Waals surface area contributed by atoms with Gasteiger partial charge in [0.2, 0.25) is 0 Å². The molecule has 2 N–H and O–H groups in total. The Balaban J connectivity index is 1.88. The summed E-state index contributed by atoms with van der Waals surface area (Å²) < 4.78 is 1.18. The van der Waals surface area contributed by atoms with Crippen LogP contribution in [0.2, 0.25) is 0 Å². The van der Waals surface area contributed by atoms with Crippen molar-refractivity contribution in [1.82, 2.24) is 10.3 Å². The van der Waals surface area contributed by atoms with Crippen LogP contribution in [0.15, 0.2) is 48.5 Å². The van der Waals surface area contributed by atoms with Gasteiger partial charge in [0.05, 0.1) is 10.2 Å². The van der Waals surface area contributed by atoms with Gasteiger partial charge in [0, 0.05) is 18.3 Å². The molecule has 3 rings (SSSR count). The van der Waals surface area contributed by atoms with Crippen LogP contribution in [0.4, 0.5) is 10.5 Å². The largest absolute Gasteiger partial charge is 0.341 e. The Morgan fingerprint density at radius 2 is 1.85 bits per heavy atom.